The second kappa shape index (κ2) is 28.6. The lowest BCUT2D eigenvalue weighted by Gasteiger charge is -2.40. The minimum Gasteiger partial charge on any atom is -0.507 e. The lowest BCUT2D eigenvalue weighted by molar-refractivity contribution is -0.232. The number of aromatic hydroxyl groups is 12. The molecule has 39 nitrogen and oxygen atoms in total. The summed E-state index contributed by atoms with van der Waals surface area (Å²) in [7, 11) is 0. The van der Waals surface area contributed by atoms with Crippen molar-refractivity contribution in [2.75, 3.05) is 19.8 Å². The number of aromatic carboxylic acids is 3. The van der Waals surface area contributed by atoms with Gasteiger partial charge in [-0.2, -0.15) is 0 Å². The lowest BCUT2D eigenvalue weighted by atomic mass is 9.77. The van der Waals surface area contributed by atoms with E-state index >= 15 is 0 Å². The Bertz CT molecular complexity index is 4370. The quantitative estimate of drug-likeness (QED) is 0.0372. The molecule has 561 valence electrons. The number of phenolic OH excluding ortho intramolecular Hbond substituents is 9. The van der Waals surface area contributed by atoms with Gasteiger partial charge in [-0.1, -0.05) is 0 Å². The van der Waals surface area contributed by atoms with Gasteiger partial charge in [-0.3, -0.25) is 28.8 Å². The van der Waals surface area contributed by atoms with E-state index in [-0.39, 0.29) is 34.1 Å². The molecule has 27 N–H and O–H groups in total. The monoisotopic (exact) mass is 1500 g/mol. The minimum absolute atomic E-state index is 0. The number of rotatable bonds is 9. The van der Waals surface area contributed by atoms with Crippen LogP contribution in [0.4, 0.5) is 0 Å². The molecule has 0 saturated carbocycles. The molecule has 3 fully saturated rings. The number of carboxylic acids is 3. The Morgan fingerprint density at radius 3 is 0.689 bits per heavy atom. The zero-order chi connectivity index (χ0) is 78.3. The largest absolute Gasteiger partial charge is 0.507 e. The molecule has 15 atom stereocenters. The summed E-state index contributed by atoms with van der Waals surface area (Å²) in [6.45, 7) is 0.873. The fourth-order valence-electron chi connectivity index (χ4n) is 13.7. The maximum atomic E-state index is 13.4. The van der Waals surface area contributed by atoms with Crippen LogP contribution in [0.2, 0.25) is 0 Å². The summed E-state index contributed by atoms with van der Waals surface area (Å²) in [4.78, 5) is 114. The van der Waals surface area contributed by atoms with Crippen LogP contribution in [0.15, 0.2) is 18.2 Å². The number of phenols is 12. The van der Waals surface area contributed by atoms with Gasteiger partial charge in [0.1, 0.15) is 143 Å². The van der Waals surface area contributed by atoms with Crippen molar-refractivity contribution in [3.8, 4) is 69.0 Å². The number of ether oxygens (including phenoxy) is 3. The van der Waals surface area contributed by atoms with Crippen LogP contribution in [0, 0.1) is 20.8 Å². The Morgan fingerprint density at radius 2 is 0.500 bits per heavy atom. The van der Waals surface area contributed by atoms with Crippen LogP contribution >= 0.6 is 0 Å². The maximum absolute atomic E-state index is 13.4. The molecule has 3 radical (unpaired) electrons. The van der Waals surface area contributed by atoms with Crippen LogP contribution in [0.5, 0.6) is 69.0 Å². The fraction of sp³-hybridized carbons (Fsp3) is 0.318. The number of fused-ring (bicyclic) bond motifs is 6. The summed E-state index contributed by atoms with van der Waals surface area (Å²) in [5, 5.41) is 274. The highest BCUT2D eigenvalue weighted by Gasteiger charge is 2.53. The normalized spacial score (nSPS) is 25.6. The smallest absolute Gasteiger partial charge is 0.339 e. The van der Waals surface area contributed by atoms with E-state index in [1.54, 1.807) is 0 Å². The summed E-state index contributed by atoms with van der Waals surface area (Å²) in [5.41, 5.74) is -13.5. The predicted molar refractivity (Wildman–Crippen MR) is 338 cm³/mol. The Kier molecular flexibility index (Phi) is 21.4. The highest BCUT2D eigenvalue weighted by Crippen LogP contribution is 2.56. The standard InChI is InChI=1S/3C22H20O13.Al/c3*1-4-8-5(2-6(24)9(4)22(33)34)13(25)10-11(15(8)27)16(28)12(18(30)17(10)29)21-20(32)19(31)14(26)7(3-23)35-21;/h3*2,7,14,19-21,23-24,26,28-32H,3H2,1H3,(H,33,34);/t3*7-,14-,19+,20-,21?;/m111./s1. The molecular weight excluding hydrogens is 1440 g/mol. The van der Waals surface area contributed by atoms with Crippen molar-refractivity contribution in [2.24, 2.45) is 0 Å². The molecular formula is C66H60AlO39. The Morgan fingerprint density at radius 1 is 0.302 bits per heavy atom. The van der Waals surface area contributed by atoms with Crippen LogP contribution in [-0.2, 0) is 14.2 Å². The Labute approximate surface area is 599 Å². The van der Waals surface area contributed by atoms with Crippen LogP contribution in [-0.4, -0.2) is 301 Å². The van der Waals surface area contributed by atoms with Gasteiger partial charge in [0.25, 0.3) is 0 Å². The van der Waals surface area contributed by atoms with E-state index in [1.165, 1.54) is 0 Å². The van der Waals surface area contributed by atoms with Crippen molar-refractivity contribution >= 4 is 70.0 Å². The first-order valence-corrected chi connectivity index (χ1v) is 30.5. The maximum Gasteiger partial charge on any atom is 0.339 e. The lowest BCUT2D eigenvalue weighted by Crippen LogP contribution is -2.55. The summed E-state index contributed by atoms with van der Waals surface area (Å²) < 4.78 is 15.9. The number of carbonyl (C=O) groups is 9. The molecule has 0 amide bonds. The molecule has 3 heterocycles. The molecule has 106 heavy (non-hydrogen) atoms. The van der Waals surface area contributed by atoms with Gasteiger partial charge >= 0.3 is 17.9 Å². The molecule has 3 aliphatic carbocycles. The first kappa shape index (κ1) is 79.4. The molecule has 6 aromatic rings. The molecule has 6 aromatic carbocycles. The van der Waals surface area contributed by atoms with Gasteiger partial charge in [0.2, 0.25) is 0 Å². The Hall–Kier alpha value is -10.7. The van der Waals surface area contributed by atoms with Crippen LogP contribution in [0.25, 0.3) is 0 Å². The van der Waals surface area contributed by atoms with Crippen molar-refractivity contribution in [1.82, 2.24) is 0 Å². The molecule has 12 rings (SSSR count). The van der Waals surface area contributed by atoms with E-state index in [9.17, 15) is 181 Å². The van der Waals surface area contributed by atoms with E-state index < -0.39 is 333 Å². The van der Waals surface area contributed by atoms with Gasteiger partial charge in [-0.05, 0) is 55.7 Å². The van der Waals surface area contributed by atoms with Gasteiger partial charge in [0.15, 0.2) is 69.2 Å². The summed E-state index contributed by atoms with van der Waals surface area (Å²) in [6.07, 6.45) is -27.4. The van der Waals surface area contributed by atoms with Crippen molar-refractivity contribution in [3.63, 3.8) is 0 Å². The van der Waals surface area contributed by atoms with E-state index in [1.807, 2.05) is 0 Å². The van der Waals surface area contributed by atoms with Crippen LogP contribution < -0.4 is 0 Å². The molecule has 3 saturated heterocycles. The Balaban J connectivity index is 0.000000183. The van der Waals surface area contributed by atoms with Crippen LogP contribution in [0.3, 0.4) is 0 Å². The van der Waals surface area contributed by atoms with E-state index in [2.05, 4.69) is 0 Å². The van der Waals surface area contributed by atoms with Gasteiger partial charge in [0.05, 0.1) is 69.9 Å². The molecule has 0 bridgehead atoms. The average Bonchev–Trinajstić information content (AvgIpc) is 0.724. The van der Waals surface area contributed by atoms with Gasteiger partial charge in [-0.25, -0.2) is 14.4 Å². The van der Waals surface area contributed by atoms with Crippen LogP contribution in [0.1, 0.15) is 178 Å². The molecule has 0 spiro atoms. The number of aliphatic hydroxyl groups excluding tert-OH is 12. The number of hydrogen-bond acceptors (Lipinski definition) is 36. The summed E-state index contributed by atoms with van der Waals surface area (Å²) >= 11 is 0. The molecule has 6 aliphatic rings. The third-order valence-corrected chi connectivity index (χ3v) is 19.0. The van der Waals surface area contributed by atoms with Gasteiger partial charge in [-0.15, -0.1) is 0 Å². The zero-order valence-corrected chi connectivity index (χ0v) is 55.2. The second-order valence-corrected chi connectivity index (χ2v) is 24.7. The second-order valence-electron chi connectivity index (χ2n) is 24.7. The third-order valence-electron chi connectivity index (χ3n) is 19.0. The summed E-state index contributed by atoms with van der Waals surface area (Å²) in [6, 6.07) is 2.15. The summed E-state index contributed by atoms with van der Waals surface area (Å²) in [5.74, 6) is -24.7. The molecule has 40 heteroatoms. The molecule has 0 aromatic heterocycles. The number of aliphatic hydroxyl groups is 12. The van der Waals surface area contributed by atoms with Gasteiger partial charge < -0.3 is 152 Å². The van der Waals surface area contributed by atoms with Crippen molar-refractivity contribution < 1.29 is 195 Å². The number of benzene rings is 6. The number of hydrogen-bond donors (Lipinski definition) is 27. The first-order chi connectivity index (χ1) is 49.0. The van der Waals surface area contributed by atoms with E-state index in [0.29, 0.717) is 18.2 Å². The van der Waals surface area contributed by atoms with Crippen molar-refractivity contribution in [1.29, 1.82) is 0 Å². The van der Waals surface area contributed by atoms with Crippen molar-refractivity contribution in [3.05, 3.63) is 135 Å². The third kappa shape index (κ3) is 11.8. The number of carbonyl (C=O) groups excluding carboxylic acids is 6. The highest BCUT2D eigenvalue weighted by molar-refractivity contribution is 6.34. The minimum atomic E-state index is -2.03. The topological polar surface area (TPSA) is 728 Å². The molecule has 3 aliphatic heterocycles. The fourth-order valence-corrected chi connectivity index (χ4v) is 13.7. The molecule has 3 unspecified atom stereocenters. The van der Waals surface area contributed by atoms with E-state index in [0.717, 1.165) is 20.8 Å². The van der Waals surface area contributed by atoms with E-state index in [4.69, 9.17) is 14.2 Å². The average molecular weight is 1500 g/mol. The predicted octanol–water partition coefficient (Wildman–Crippen LogP) is -3.96. The highest BCUT2D eigenvalue weighted by atomic mass is 27.0. The zero-order valence-electron chi connectivity index (χ0n) is 54.1. The first-order valence-electron chi connectivity index (χ1n) is 30.5. The number of ketones is 6. The van der Waals surface area contributed by atoms with Crippen molar-refractivity contribution in [2.45, 2.75) is 112 Å². The SMILES string of the molecule is Cc1c(C(=O)O)c(O)cc2c1C(=O)c1c(O)c(C3O[C@H](CO)[C@@H](O)[C@H](O)[C@H]3O)c(O)c(O)c1C2=O.Cc1c(C(=O)O)c(O)cc2c1C(=O)c1c(O)c(C3O[C@H](CO)[C@@H](O)[C@H](O)[C@H]3O)c(O)c(O)c1C2=O.Cc1c(C(=O)O)c(O)cc2c1C(=O)c1c(O)c(C3O[C@H](CO)[C@@H](O)[C@H](O)[C@H]3O)c(O)c(O)c1C2=O.[Al]. The van der Waals surface area contributed by atoms with Gasteiger partial charge in [0, 0.05) is 50.7 Å². The number of carboxylic acid groups (broad SMARTS) is 3.